The van der Waals surface area contributed by atoms with Gasteiger partial charge in [-0.1, -0.05) is 6.92 Å². The number of hydrogen-bond donors (Lipinski definition) is 2. The molecule has 0 aromatic heterocycles. The van der Waals surface area contributed by atoms with Crippen LogP contribution < -0.4 is 0 Å². The molecule has 1 saturated heterocycles. The normalized spacial score (nSPS) is 48.2. The first-order valence-corrected chi connectivity index (χ1v) is 3.66. The number of aliphatic hydroxyl groups is 2. The molecular formula is C7H13FO3. The molecule has 4 atom stereocenters. The van der Waals surface area contributed by atoms with Gasteiger partial charge < -0.3 is 15.0 Å². The fourth-order valence-electron chi connectivity index (χ4n) is 1.13. The van der Waals surface area contributed by atoms with Crippen molar-refractivity contribution in [3.05, 3.63) is 0 Å². The Labute approximate surface area is 67.8 Å². The molecule has 1 rings (SSSR count). The summed E-state index contributed by atoms with van der Waals surface area (Å²) in [6.07, 6.45) is -2.83. The van der Waals surface area contributed by atoms with E-state index in [1.807, 2.05) is 0 Å². The van der Waals surface area contributed by atoms with Crippen LogP contribution in [0.5, 0.6) is 0 Å². The van der Waals surface area contributed by atoms with Gasteiger partial charge in [-0.25, -0.2) is 4.39 Å². The number of ether oxygens (including phenoxy) is 1. The van der Waals surface area contributed by atoms with Crippen molar-refractivity contribution in [1.29, 1.82) is 2.86 Å². The Morgan fingerprint density at radius 3 is 3.27 bits per heavy atom. The molecule has 0 bridgehead atoms. The fraction of sp³-hybridized carbons (Fsp3) is 1.00. The SMILES string of the molecule is [3H]OC[C@H]1OC[C@@H](C)[C@H](F)[C@@H]1O[3H]. The standard InChI is InChI=1S/C7H13FO3/c1-4-3-11-5(2-9)7(10)6(4)8/h4-7,9-10H,2-3H2,1H3/t4-,5-,6+,7-/m1/s1/i9T,10T. The molecule has 1 fully saturated rings. The van der Waals surface area contributed by atoms with Crippen LogP contribution in [0.1, 0.15) is 6.92 Å². The van der Waals surface area contributed by atoms with Crippen LogP contribution in [0, 0.1) is 5.92 Å². The molecule has 4 heteroatoms. The van der Waals surface area contributed by atoms with Crippen molar-refractivity contribution in [2.45, 2.75) is 25.3 Å². The van der Waals surface area contributed by atoms with Crippen molar-refractivity contribution in [2.75, 3.05) is 13.2 Å². The Balaban J connectivity index is 2.55. The highest BCUT2D eigenvalue weighted by atomic mass is 19.1. The van der Waals surface area contributed by atoms with Gasteiger partial charge in [-0.05, 0) is 0 Å². The first-order valence-electron chi connectivity index (χ1n) is 4.48. The number of rotatable bonds is 3. The van der Waals surface area contributed by atoms with Gasteiger partial charge in [0.15, 0.2) is 0 Å². The van der Waals surface area contributed by atoms with E-state index in [9.17, 15) is 4.39 Å². The largest absolute Gasteiger partial charge is 0.394 e. The lowest BCUT2D eigenvalue weighted by atomic mass is 9.95. The van der Waals surface area contributed by atoms with E-state index in [1.54, 1.807) is 6.92 Å². The molecule has 1 aliphatic rings. The lowest BCUT2D eigenvalue weighted by molar-refractivity contribution is -0.149. The van der Waals surface area contributed by atoms with Crippen molar-refractivity contribution < 1.29 is 19.3 Å². The summed E-state index contributed by atoms with van der Waals surface area (Å²) in [7, 11) is 0. The van der Waals surface area contributed by atoms with E-state index in [1.165, 1.54) is 0 Å². The molecule has 1 heterocycles. The van der Waals surface area contributed by atoms with Crippen LogP contribution in [-0.4, -0.2) is 44.7 Å². The van der Waals surface area contributed by atoms with E-state index in [0.717, 1.165) is 0 Å². The highest BCUT2D eigenvalue weighted by Crippen LogP contribution is 2.22. The summed E-state index contributed by atoms with van der Waals surface area (Å²) in [4.78, 5) is 0. The van der Waals surface area contributed by atoms with E-state index in [2.05, 4.69) is 10.2 Å². The lowest BCUT2D eigenvalue weighted by Gasteiger charge is -2.33. The minimum Gasteiger partial charge on any atom is -0.394 e. The minimum absolute atomic E-state index is 0.0727. The van der Waals surface area contributed by atoms with Crippen LogP contribution in [0.2, 0.25) is 0 Å². The van der Waals surface area contributed by atoms with Crippen molar-refractivity contribution >= 4 is 0 Å². The average molecular weight is 168 g/mol. The summed E-state index contributed by atoms with van der Waals surface area (Å²) in [5.41, 5.74) is 0. The van der Waals surface area contributed by atoms with Gasteiger partial charge in [0.1, 0.15) is 18.4 Å². The van der Waals surface area contributed by atoms with Gasteiger partial charge in [0.25, 0.3) is 0 Å². The molecular weight excluding hydrogens is 151 g/mol. The minimum atomic E-state index is -1.23. The highest BCUT2D eigenvalue weighted by Gasteiger charge is 2.36. The maximum absolute atomic E-state index is 13.4. The third kappa shape index (κ3) is 1.69. The Bertz CT molecular complexity index is 161. The van der Waals surface area contributed by atoms with Crippen molar-refractivity contribution in [3.63, 3.8) is 0 Å². The molecule has 11 heavy (non-hydrogen) atoms. The number of aliphatic hydroxyl groups excluding tert-OH is 2. The summed E-state index contributed by atoms with van der Waals surface area (Å²) in [6.45, 7) is 1.89. The van der Waals surface area contributed by atoms with Gasteiger partial charge in [0.2, 0.25) is 2.86 Å². The Morgan fingerprint density at radius 2 is 2.64 bits per heavy atom. The molecule has 3 nitrogen and oxygen atoms in total. The molecule has 0 aromatic rings. The molecule has 0 spiro atoms. The number of alkyl halides is 1. The summed E-state index contributed by atoms with van der Waals surface area (Å²) in [6, 6.07) is 0. The van der Waals surface area contributed by atoms with E-state index >= 15 is 0 Å². The molecule has 2 N–H and O–H groups in total. The van der Waals surface area contributed by atoms with Crippen molar-refractivity contribution in [2.24, 2.45) is 5.92 Å². The Hall–Kier alpha value is -0.190. The Morgan fingerprint density at radius 1 is 1.82 bits per heavy atom. The summed E-state index contributed by atoms with van der Waals surface area (Å²) < 4.78 is 31.7. The first-order chi connectivity index (χ1) is 6.20. The van der Waals surface area contributed by atoms with Gasteiger partial charge in [-0.3, -0.25) is 0 Å². The molecule has 1 aliphatic heterocycles. The van der Waals surface area contributed by atoms with Crippen molar-refractivity contribution in [1.82, 2.24) is 0 Å². The zero-order chi connectivity index (χ0) is 9.84. The van der Waals surface area contributed by atoms with Gasteiger partial charge in [-0.2, -0.15) is 0 Å². The highest BCUT2D eigenvalue weighted by molar-refractivity contribution is 4.84. The Kier molecular flexibility index (Phi) is 2.00. The van der Waals surface area contributed by atoms with E-state index < -0.39 is 18.4 Å². The molecule has 0 unspecified atom stereocenters. The molecule has 0 aromatic carbocycles. The quantitative estimate of drug-likeness (QED) is 0.609. The van der Waals surface area contributed by atoms with Crippen LogP contribution >= 0.6 is 0 Å². The summed E-state index contributed by atoms with van der Waals surface area (Å²) in [5.74, 6) is -0.280. The third-order valence-corrected chi connectivity index (χ3v) is 1.96. The topological polar surface area (TPSA) is 49.7 Å². The van der Waals surface area contributed by atoms with E-state index in [-0.39, 0.29) is 19.1 Å². The van der Waals surface area contributed by atoms with Gasteiger partial charge in [0.05, 0.1) is 13.2 Å². The molecule has 0 saturated carbocycles. The number of halogens is 1. The van der Waals surface area contributed by atoms with E-state index in [0.29, 0.717) is 0 Å². The van der Waals surface area contributed by atoms with Gasteiger partial charge >= 0.3 is 0 Å². The van der Waals surface area contributed by atoms with Gasteiger partial charge in [-0.15, -0.1) is 0 Å². The summed E-state index contributed by atoms with van der Waals surface area (Å²) >= 11 is 0. The van der Waals surface area contributed by atoms with Crippen LogP contribution in [-0.2, 0) is 4.74 Å². The number of hydrogen-bond acceptors (Lipinski definition) is 3. The average Bonchev–Trinajstić information content (AvgIpc) is 2.12. The van der Waals surface area contributed by atoms with Crippen LogP contribution in [0.25, 0.3) is 0 Å². The zero-order valence-electron chi connectivity index (χ0n) is 8.33. The predicted octanol–water partition coefficient (Wildman–Crippen LogP) is -0.287. The second kappa shape index (κ2) is 3.47. The zero-order valence-corrected chi connectivity index (χ0v) is 6.33. The first kappa shape index (κ1) is 6.34. The predicted molar refractivity (Wildman–Crippen MR) is 36.9 cm³/mol. The maximum atomic E-state index is 13.4. The van der Waals surface area contributed by atoms with E-state index in [4.69, 9.17) is 7.60 Å². The third-order valence-electron chi connectivity index (χ3n) is 1.96. The molecule has 66 valence electrons. The molecule has 0 radical (unpaired) electrons. The maximum Gasteiger partial charge on any atom is 0.211 e. The molecule has 0 amide bonds. The second-order valence-corrected chi connectivity index (χ2v) is 2.92. The van der Waals surface area contributed by atoms with Crippen LogP contribution in [0.3, 0.4) is 0 Å². The van der Waals surface area contributed by atoms with Crippen molar-refractivity contribution in [3.8, 4) is 0 Å². The molecule has 0 aliphatic carbocycles. The fourth-order valence-corrected chi connectivity index (χ4v) is 1.13. The monoisotopic (exact) mass is 168 g/mol. The van der Waals surface area contributed by atoms with Gasteiger partial charge in [0, 0.05) is 5.92 Å². The smallest absolute Gasteiger partial charge is 0.211 e. The van der Waals surface area contributed by atoms with Crippen LogP contribution in [0.4, 0.5) is 4.39 Å². The van der Waals surface area contributed by atoms with Crippen LogP contribution in [0.15, 0.2) is 0 Å². The summed E-state index contributed by atoms with van der Waals surface area (Å²) in [5, 5.41) is 8.32. The second-order valence-electron chi connectivity index (χ2n) is 2.92. The lowest BCUT2D eigenvalue weighted by Crippen LogP contribution is -2.48.